The molecule has 4 rings (SSSR count). The Morgan fingerprint density at radius 1 is 0.815 bits per heavy atom. The second-order valence-corrected chi connectivity index (χ2v) is 5.89. The van der Waals surface area contributed by atoms with Gasteiger partial charge in [-0.15, -0.1) is 0 Å². The van der Waals surface area contributed by atoms with Crippen LogP contribution < -0.4 is 14.4 Å². The summed E-state index contributed by atoms with van der Waals surface area (Å²) in [6.07, 6.45) is 0. The molecule has 0 aromatic heterocycles. The van der Waals surface area contributed by atoms with E-state index in [4.69, 9.17) is 9.47 Å². The third-order valence-electron chi connectivity index (χ3n) is 4.24. The molecule has 0 saturated carbocycles. The summed E-state index contributed by atoms with van der Waals surface area (Å²) in [5.74, 6) is -0.680. The summed E-state index contributed by atoms with van der Waals surface area (Å²) in [5, 5.41) is 0. The third kappa shape index (κ3) is 2.91. The van der Waals surface area contributed by atoms with Crippen LogP contribution in [0, 0.1) is 5.82 Å². The molecule has 0 atom stereocenters. The number of rotatable bonds is 4. The van der Waals surface area contributed by atoms with Crippen molar-refractivity contribution in [3.05, 3.63) is 83.7 Å². The number of carbonyl (C=O) groups is 2. The molecule has 6 heteroatoms. The fourth-order valence-electron chi connectivity index (χ4n) is 2.93. The van der Waals surface area contributed by atoms with Crippen molar-refractivity contribution in [3.8, 4) is 17.2 Å². The van der Waals surface area contributed by atoms with Gasteiger partial charge >= 0.3 is 0 Å². The number of anilines is 1. The van der Waals surface area contributed by atoms with Crippen LogP contribution in [0.4, 0.5) is 10.1 Å². The van der Waals surface area contributed by atoms with E-state index >= 15 is 0 Å². The Labute approximate surface area is 154 Å². The van der Waals surface area contributed by atoms with Crippen LogP contribution in [0.15, 0.2) is 66.7 Å². The van der Waals surface area contributed by atoms with Crippen LogP contribution in [-0.4, -0.2) is 18.9 Å². The Morgan fingerprint density at radius 2 is 1.48 bits per heavy atom. The molecule has 0 N–H and O–H groups in total. The molecule has 3 aromatic carbocycles. The van der Waals surface area contributed by atoms with Gasteiger partial charge in [0, 0.05) is 12.1 Å². The van der Waals surface area contributed by atoms with Crippen molar-refractivity contribution < 1.29 is 23.5 Å². The van der Waals surface area contributed by atoms with Crippen LogP contribution in [0.25, 0.3) is 0 Å². The average molecular weight is 363 g/mol. The Bertz CT molecular complexity index is 1030. The van der Waals surface area contributed by atoms with Crippen LogP contribution >= 0.6 is 0 Å². The molecule has 0 radical (unpaired) electrons. The molecule has 5 nitrogen and oxygen atoms in total. The zero-order valence-electron chi connectivity index (χ0n) is 14.3. The van der Waals surface area contributed by atoms with E-state index in [-0.39, 0.29) is 11.4 Å². The molecule has 3 aromatic rings. The van der Waals surface area contributed by atoms with Crippen LogP contribution in [0.3, 0.4) is 0 Å². The minimum absolute atomic E-state index is 0.0244. The topological polar surface area (TPSA) is 55.8 Å². The molecular formula is C21H14FNO4. The molecular weight excluding hydrogens is 349 g/mol. The van der Waals surface area contributed by atoms with Gasteiger partial charge in [-0.3, -0.25) is 9.59 Å². The largest absolute Gasteiger partial charge is 0.497 e. The Hall–Kier alpha value is -3.67. The van der Waals surface area contributed by atoms with Crippen molar-refractivity contribution in [2.24, 2.45) is 0 Å². The number of hydrogen-bond acceptors (Lipinski definition) is 4. The molecule has 134 valence electrons. The minimum Gasteiger partial charge on any atom is -0.497 e. The van der Waals surface area contributed by atoms with Crippen molar-refractivity contribution in [2.45, 2.75) is 0 Å². The summed E-state index contributed by atoms with van der Waals surface area (Å²) in [6, 6.07) is 17.2. The fourth-order valence-corrected chi connectivity index (χ4v) is 2.93. The highest BCUT2D eigenvalue weighted by Crippen LogP contribution is 2.33. The maximum atomic E-state index is 14.5. The first-order valence-electron chi connectivity index (χ1n) is 8.18. The number of hydrogen-bond donors (Lipinski definition) is 0. The van der Waals surface area contributed by atoms with Crippen molar-refractivity contribution in [3.63, 3.8) is 0 Å². The molecule has 0 bridgehead atoms. The maximum Gasteiger partial charge on any atom is 0.266 e. The number of ether oxygens (including phenoxy) is 2. The van der Waals surface area contributed by atoms with E-state index in [1.54, 1.807) is 48.5 Å². The van der Waals surface area contributed by atoms with Crippen molar-refractivity contribution in [1.82, 2.24) is 0 Å². The van der Waals surface area contributed by atoms with Gasteiger partial charge < -0.3 is 9.47 Å². The zero-order valence-corrected chi connectivity index (χ0v) is 14.3. The monoisotopic (exact) mass is 363 g/mol. The number of benzene rings is 3. The second-order valence-electron chi connectivity index (χ2n) is 5.89. The predicted molar refractivity (Wildman–Crippen MR) is 97.1 cm³/mol. The lowest BCUT2D eigenvalue weighted by Crippen LogP contribution is -2.29. The van der Waals surface area contributed by atoms with Gasteiger partial charge in [-0.2, -0.15) is 0 Å². The number of carbonyl (C=O) groups excluding carboxylic acids is 2. The molecule has 0 saturated heterocycles. The molecule has 0 fully saturated rings. The highest BCUT2D eigenvalue weighted by Gasteiger charge is 2.36. The van der Waals surface area contributed by atoms with Gasteiger partial charge in [-0.1, -0.05) is 18.2 Å². The van der Waals surface area contributed by atoms with Gasteiger partial charge in [-0.05, 0) is 36.4 Å². The number of methoxy groups -OCH3 is 1. The summed E-state index contributed by atoms with van der Waals surface area (Å²) in [7, 11) is 1.52. The number of nitrogens with zero attached hydrogens (tertiary/aromatic N) is 1. The number of amides is 2. The molecule has 1 aliphatic heterocycles. The second kappa shape index (κ2) is 6.57. The minimum atomic E-state index is -0.688. The van der Waals surface area contributed by atoms with Gasteiger partial charge in [0.05, 0.1) is 23.9 Å². The Kier molecular flexibility index (Phi) is 4.08. The SMILES string of the molecule is COc1cccc(Oc2ccc(N3C(=O)c4ccccc4C3=O)cc2F)c1. The van der Waals surface area contributed by atoms with Crippen molar-refractivity contribution in [2.75, 3.05) is 12.0 Å². The quantitative estimate of drug-likeness (QED) is 0.644. The molecule has 1 heterocycles. The fraction of sp³-hybridized carbons (Fsp3) is 0.0476. The zero-order chi connectivity index (χ0) is 19.0. The lowest BCUT2D eigenvalue weighted by molar-refractivity contribution is 0.0926. The van der Waals surface area contributed by atoms with E-state index in [0.29, 0.717) is 22.6 Å². The number of imide groups is 1. The standard InChI is InChI=1S/C21H14FNO4/c1-26-14-5-4-6-15(12-14)27-19-10-9-13(11-18(19)22)23-20(24)16-7-2-3-8-17(16)21(23)25/h2-12H,1H3. The van der Waals surface area contributed by atoms with Crippen molar-refractivity contribution in [1.29, 1.82) is 0 Å². The first-order chi connectivity index (χ1) is 13.1. The average Bonchev–Trinajstić information content (AvgIpc) is 2.95. The molecule has 0 unspecified atom stereocenters. The highest BCUT2D eigenvalue weighted by molar-refractivity contribution is 6.34. The van der Waals surface area contributed by atoms with Gasteiger partial charge in [-0.25, -0.2) is 9.29 Å². The molecule has 2 amide bonds. The van der Waals surface area contributed by atoms with E-state index in [9.17, 15) is 14.0 Å². The van der Waals surface area contributed by atoms with E-state index in [0.717, 1.165) is 11.0 Å². The first-order valence-corrected chi connectivity index (χ1v) is 8.18. The smallest absolute Gasteiger partial charge is 0.266 e. The molecule has 0 aliphatic carbocycles. The number of halogens is 1. The highest BCUT2D eigenvalue weighted by atomic mass is 19.1. The van der Waals surface area contributed by atoms with Crippen molar-refractivity contribution >= 4 is 17.5 Å². The van der Waals surface area contributed by atoms with E-state index in [1.807, 2.05) is 0 Å². The van der Waals surface area contributed by atoms with Gasteiger partial charge in [0.2, 0.25) is 0 Å². The lowest BCUT2D eigenvalue weighted by atomic mass is 10.1. The van der Waals surface area contributed by atoms with Gasteiger partial charge in [0.15, 0.2) is 11.6 Å². The predicted octanol–water partition coefficient (Wildman–Crippen LogP) is 4.43. The lowest BCUT2D eigenvalue weighted by Gasteiger charge is -2.15. The maximum absolute atomic E-state index is 14.5. The van der Waals surface area contributed by atoms with Gasteiger partial charge in [0.1, 0.15) is 11.5 Å². The summed E-state index contributed by atoms with van der Waals surface area (Å²) >= 11 is 0. The summed E-state index contributed by atoms with van der Waals surface area (Å²) < 4.78 is 25.2. The van der Waals surface area contributed by atoms with Crippen LogP contribution in [0.1, 0.15) is 20.7 Å². The van der Waals surface area contributed by atoms with Crippen LogP contribution in [0.5, 0.6) is 17.2 Å². The Morgan fingerprint density at radius 3 is 2.11 bits per heavy atom. The summed E-state index contributed by atoms with van der Waals surface area (Å²) in [6.45, 7) is 0. The van der Waals surface area contributed by atoms with E-state index < -0.39 is 17.6 Å². The van der Waals surface area contributed by atoms with Gasteiger partial charge in [0.25, 0.3) is 11.8 Å². The third-order valence-corrected chi connectivity index (χ3v) is 4.24. The summed E-state index contributed by atoms with van der Waals surface area (Å²) in [4.78, 5) is 26.0. The van der Waals surface area contributed by atoms with Crippen LogP contribution in [-0.2, 0) is 0 Å². The normalized spacial score (nSPS) is 12.9. The summed E-state index contributed by atoms with van der Waals surface area (Å²) in [5.41, 5.74) is 0.760. The number of fused-ring (bicyclic) bond motifs is 1. The Balaban J connectivity index is 1.63. The van der Waals surface area contributed by atoms with E-state index in [1.165, 1.54) is 19.2 Å². The van der Waals surface area contributed by atoms with E-state index in [2.05, 4.69) is 0 Å². The molecule has 1 aliphatic rings. The first kappa shape index (κ1) is 16.8. The molecule has 27 heavy (non-hydrogen) atoms. The van der Waals surface area contributed by atoms with Crippen LogP contribution in [0.2, 0.25) is 0 Å². The molecule has 0 spiro atoms.